The van der Waals surface area contributed by atoms with Crippen molar-refractivity contribution in [3.63, 3.8) is 0 Å². The molecule has 0 radical (unpaired) electrons. The molecule has 1 aliphatic carbocycles. The van der Waals surface area contributed by atoms with E-state index in [9.17, 15) is 0 Å². The molecular weight excluding hydrogens is 235 g/mol. The molecule has 2 fully saturated rings. The van der Waals surface area contributed by atoms with Gasteiger partial charge in [-0.2, -0.15) is 0 Å². The number of nitrogens with zero attached hydrogens (tertiary/aromatic N) is 2. The summed E-state index contributed by atoms with van der Waals surface area (Å²) in [6.07, 6.45) is 0. The molecule has 0 aromatic carbocycles. The van der Waals surface area contributed by atoms with E-state index >= 15 is 0 Å². The van der Waals surface area contributed by atoms with E-state index in [1.165, 1.54) is 0 Å². The van der Waals surface area contributed by atoms with Gasteiger partial charge in [-0.1, -0.05) is 23.2 Å². The van der Waals surface area contributed by atoms with E-state index in [-0.39, 0.29) is 0 Å². The molecule has 2 aliphatic rings. The molecule has 1 aromatic heterocycles. The number of hydrogen-bond acceptors (Lipinski definition) is 4. The molecule has 15 heavy (non-hydrogen) atoms. The Balaban J connectivity index is 1.74. The van der Waals surface area contributed by atoms with Crippen molar-refractivity contribution in [1.82, 2.24) is 15.5 Å². The molecule has 6 heteroatoms. The van der Waals surface area contributed by atoms with Gasteiger partial charge in [0.2, 0.25) is 0 Å². The Kier molecular flexibility index (Phi) is 2.23. The van der Waals surface area contributed by atoms with Gasteiger partial charge in [-0.15, -0.1) is 10.2 Å². The van der Waals surface area contributed by atoms with Gasteiger partial charge in [-0.05, 0) is 11.8 Å². The lowest BCUT2D eigenvalue weighted by Gasteiger charge is -2.09. The van der Waals surface area contributed by atoms with Crippen LogP contribution in [0.25, 0.3) is 0 Å². The average molecular weight is 245 g/mol. The fourth-order valence-electron chi connectivity index (χ4n) is 2.27. The van der Waals surface area contributed by atoms with Gasteiger partial charge in [0.1, 0.15) is 0 Å². The maximum Gasteiger partial charge on any atom is 0.174 e. The van der Waals surface area contributed by atoms with Crippen LogP contribution in [-0.4, -0.2) is 29.3 Å². The molecule has 2 unspecified atom stereocenters. The van der Waals surface area contributed by atoms with Gasteiger partial charge in [-0.3, -0.25) is 0 Å². The molecular formula is C9H10Cl2N4. The zero-order chi connectivity index (χ0) is 10.4. The second kappa shape index (κ2) is 3.47. The van der Waals surface area contributed by atoms with Gasteiger partial charge in [0.05, 0.1) is 5.69 Å². The lowest BCUT2D eigenvalue weighted by Crippen LogP contribution is -2.21. The first-order valence-corrected chi connectivity index (χ1v) is 5.67. The van der Waals surface area contributed by atoms with E-state index in [2.05, 4.69) is 20.8 Å². The molecule has 0 amide bonds. The smallest absolute Gasteiger partial charge is 0.174 e. The Morgan fingerprint density at radius 1 is 1.27 bits per heavy atom. The third-order valence-electron chi connectivity index (χ3n) is 3.13. The third kappa shape index (κ3) is 1.67. The van der Waals surface area contributed by atoms with Crippen LogP contribution in [0.1, 0.15) is 0 Å². The summed E-state index contributed by atoms with van der Waals surface area (Å²) < 4.78 is 0. The second-order valence-electron chi connectivity index (χ2n) is 4.03. The minimum Gasteiger partial charge on any atom is -0.379 e. The molecule has 3 rings (SSSR count). The number of fused-ring (bicyclic) bond motifs is 1. The Morgan fingerprint density at radius 3 is 2.73 bits per heavy atom. The summed E-state index contributed by atoms with van der Waals surface area (Å²) in [4.78, 5) is 0. The van der Waals surface area contributed by atoms with Gasteiger partial charge >= 0.3 is 0 Å². The summed E-state index contributed by atoms with van der Waals surface area (Å²) in [7, 11) is 0. The van der Waals surface area contributed by atoms with E-state index in [1.807, 2.05) is 0 Å². The Hall–Kier alpha value is -0.580. The van der Waals surface area contributed by atoms with E-state index in [0.717, 1.165) is 30.6 Å². The molecule has 1 saturated carbocycles. The highest BCUT2D eigenvalue weighted by Gasteiger charge is 2.53. The second-order valence-corrected chi connectivity index (χ2v) is 4.77. The summed E-state index contributed by atoms with van der Waals surface area (Å²) >= 11 is 11.7. The Labute approximate surface area is 97.4 Å². The Morgan fingerprint density at radius 2 is 2.00 bits per heavy atom. The standard InChI is InChI=1S/C9H10Cl2N4/c10-7-1-6(9(11)15-14-7)13-8-4-2-12-3-5(4)8/h1,4-5,8,12H,2-3H2,(H,13,14). The van der Waals surface area contributed by atoms with Crippen molar-refractivity contribution in [2.75, 3.05) is 18.4 Å². The molecule has 2 N–H and O–H groups in total. The highest BCUT2D eigenvalue weighted by atomic mass is 35.5. The number of piperidine rings is 1. The van der Waals surface area contributed by atoms with Crippen molar-refractivity contribution in [2.24, 2.45) is 11.8 Å². The number of nitrogens with one attached hydrogen (secondary N) is 2. The first-order valence-electron chi connectivity index (χ1n) is 4.91. The first-order chi connectivity index (χ1) is 7.25. The molecule has 1 aliphatic heterocycles. The van der Waals surface area contributed by atoms with Crippen molar-refractivity contribution in [3.05, 3.63) is 16.4 Å². The van der Waals surface area contributed by atoms with Crippen molar-refractivity contribution in [3.8, 4) is 0 Å². The number of anilines is 1. The normalized spacial score (nSPS) is 32.5. The molecule has 2 heterocycles. The lowest BCUT2D eigenvalue weighted by atomic mass is 10.4. The van der Waals surface area contributed by atoms with E-state index in [4.69, 9.17) is 23.2 Å². The van der Waals surface area contributed by atoms with Crippen LogP contribution in [0.15, 0.2) is 6.07 Å². The maximum atomic E-state index is 5.91. The average Bonchev–Trinajstić information content (AvgIpc) is 2.68. The topological polar surface area (TPSA) is 49.8 Å². The van der Waals surface area contributed by atoms with E-state index in [1.54, 1.807) is 6.07 Å². The molecule has 2 atom stereocenters. The summed E-state index contributed by atoms with van der Waals surface area (Å²) in [6, 6.07) is 2.24. The van der Waals surface area contributed by atoms with Gasteiger partial charge in [0.25, 0.3) is 0 Å². The third-order valence-corrected chi connectivity index (χ3v) is 3.60. The largest absolute Gasteiger partial charge is 0.379 e. The zero-order valence-electron chi connectivity index (χ0n) is 7.87. The lowest BCUT2D eigenvalue weighted by molar-refractivity contribution is 0.696. The molecule has 1 aromatic rings. The van der Waals surface area contributed by atoms with Crippen LogP contribution >= 0.6 is 23.2 Å². The summed E-state index contributed by atoms with van der Waals surface area (Å²) in [5.74, 6) is 1.46. The zero-order valence-corrected chi connectivity index (χ0v) is 9.39. The quantitative estimate of drug-likeness (QED) is 0.827. The number of aromatic nitrogens is 2. The SMILES string of the molecule is Clc1cc(NC2C3CNCC32)c(Cl)nn1. The van der Waals surface area contributed by atoms with Crippen molar-refractivity contribution in [1.29, 1.82) is 0 Å². The van der Waals surface area contributed by atoms with Crippen LogP contribution < -0.4 is 10.6 Å². The van der Waals surface area contributed by atoms with Crippen LogP contribution in [0.5, 0.6) is 0 Å². The molecule has 0 spiro atoms. The van der Waals surface area contributed by atoms with Crippen LogP contribution in [0, 0.1) is 11.8 Å². The van der Waals surface area contributed by atoms with Crippen LogP contribution in [0.3, 0.4) is 0 Å². The van der Waals surface area contributed by atoms with Gasteiger partial charge < -0.3 is 10.6 Å². The minimum atomic E-state index is 0.367. The molecule has 1 saturated heterocycles. The monoisotopic (exact) mass is 244 g/mol. The predicted octanol–water partition coefficient (Wildman–Crippen LogP) is 1.41. The van der Waals surface area contributed by atoms with Crippen molar-refractivity contribution in [2.45, 2.75) is 6.04 Å². The number of hydrogen-bond donors (Lipinski definition) is 2. The van der Waals surface area contributed by atoms with E-state index < -0.39 is 0 Å². The summed E-state index contributed by atoms with van der Waals surface area (Å²) in [5.41, 5.74) is 0.788. The fraction of sp³-hybridized carbons (Fsp3) is 0.556. The van der Waals surface area contributed by atoms with Gasteiger partial charge in [0, 0.05) is 25.2 Å². The maximum absolute atomic E-state index is 5.91. The molecule has 80 valence electrons. The summed E-state index contributed by atoms with van der Waals surface area (Å²) in [5, 5.41) is 14.9. The van der Waals surface area contributed by atoms with Crippen molar-refractivity contribution >= 4 is 28.9 Å². The van der Waals surface area contributed by atoms with Gasteiger partial charge in [0.15, 0.2) is 10.3 Å². The minimum absolute atomic E-state index is 0.367. The molecule has 4 nitrogen and oxygen atoms in total. The number of rotatable bonds is 2. The predicted molar refractivity (Wildman–Crippen MR) is 59.3 cm³/mol. The van der Waals surface area contributed by atoms with Crippen LogP contribution in [-0.2, 0) is 0 Å². The molecule has 0 bridgehead atoms. The van der Waals surface area contributed by atoms with E-state index in [0.29, 0.717) is 16.3 Å². The Bertz CT molecular complexity index is 388. The highest BCUT2D eigenvalue weighted by Crippen LogP contribution is 2.44. The van der Waals surface area contributed by atoms with Gasteiger partial charge in [-0.25, -0.2) is 0 Å². The van der Waals surface area contributed by atoms with Crippen molar-refractivity contribution < 1.29 is 0 Å². The fourth-order valence-corrected chi connectivity index (χ4v) is 2.56. The van der Waals surface area contributed by atoms with Crippen LogP contribution in [0.4, 0.5) is 5.69 Å². The first kappa shape index (κ1) is 9.63. The highest BCUT2D eigenvalue weighted by molar-refractivity contribution is 6.33. The number of halogens is 2. The van der Waals surface area contributed by atoms with Crippen LogP contribution in [0.2, 0.25) is 10.3 Å². The summed E-state index contributed by atoms with van der Waals surface area (Å²) in [6.45, 7) is 2.18.